The van der Waals surface area contributed by atoms with Crippen LogP contribution < -0.4 is 5.32 Å². The molecule has 4 rings (SSSR count). The van der Waals surface area contributed by atoms with Gasteiger partial charge in [-0.3, -0.25) is 4.79 Å². The van der Waals surface area contributed by atoms with E-state index in [0.717, 1.165) is 33.1 Å². The number of rotatable bonds is 5. The molecule has 4 nitrogen and oxygen atoms in total. The average Bonchev–Trinajstić information content (AvgIpc) is 3.33. The topological polar surface area (TPSA) is 54.9 Å². The summed E-state index contributed by atoms with van der Waals surface area (Å²) in [5.41, 5.74) is 4.97. The van der Waals surface area contributed by atoms with Crippen molar-refractivity contribution < 1.29 is 4.79 Å². The zero-order chi connectivity index (χ0) is 18.6. The molecule has 0 aliphatic carbocycles. The van der Waals surface area contributed by atoms with Gasteiger partial charge in [-0.05, 0) is 12.5 Å². The minimum Gasteiger partial charge on any atom is -0.302 e. The Morgan fingerprint density at radius 2 is 1.74 bits per heavy atom. The van der Waals surface area contributed by atoms with Crippen LogP contribution in [0.25, 0.3) is 21.8 Å². The number of thiazole rings is 2. The molecular weight excluding hydrogens is 374 g/mol. The highest BCUT2D eigenvalue weighted by Crippen LogP contribution is 2.27. The number of aryl methyl sites for hydroxylation is 1. The number of hydrogen-bond donors (Lipinski definition) is 1. The van der Waals surface area contributed by atoms with Gasteiger partial charge in [0.1, 0.15) is 5.01 Å². The van der Waals surface area contributed by atoms with Crippen LogP contribution in [-0.2, 0) is 11.2 Å². The number of carbonyl (C=O) groups is 1. The first-order valence-electron chi connectivity index (χ1n) is 8.50. The summed E-state index contributed by atoms with van der Waals surface area (Å²) in [6.07, 6.45) is 0.239. The van der Waals surface area contributed by atoms with Crippen LogP contribution >= 0.6 is 22.7 Å². The Kier molecular flexibility index (Phi) is 5.09. The highest BCUT2D eigenvalue weighted by molar-refractivity contribution is 7.14. The third-order valence-corrected chi connectivity index (χ3v) is 5.78. The molecule has 2 aromatic carbocycles. The Morgan fingerprint density at radius 1 is 0.963 bits per heavy atom. The quantitative estimate of drug-likeness (QED) is 0.494. The van der Waals surface area contributed by atoms with E-state index in [1.165, 1.54) is 11.3 Å². The van der Waals surface area contributed by atoms with Crippen molar-refractivity contribution in [3.8, 4) is 21.8 Å². The molecule has 134 valence electrons. The number of nitrogens with one attached hydrogen (secondary N) is 1. The van der Waals surface area contributed by atoms with E-state index in [1.54, 1.807) is 11.3 Å². The molecule has 1 N–H and O–H groups in total. The summed E-state index contributed by atoms with van der Waals surface area (Å²) in [5.74, 6) is -0.106. The molecule has 0 saturated heterocycles. The van der Waals surface area contributed by atoms with Crippen molar-refractivity contribution >= 4 is 33.7 Å². The maximum absolute atomic E-state index is 12.4. The van der Waals surface area contributed by atoms with Gasteiger partial charge in [0.15, 0.2) is 5.13 Å². The lowest BCUT2D eigenvalue weighted by Crippen LogP contribution is -2.14. The molecule has 27 heavy (non-hydrogen) atoms. The number of amides is 1. The second-order valence-corrected chi connectivity index (χ2v) is 7.80. The summed E-state index contributed by atoms with van der Waals surface area (Å²) in [6, 6.07) is 18.1. The van der Waals surface area contributed by atoms with Crippen molar-refractivity contribution in [1.29, 1.82) is 0 Å². The molecule has 0 spiro atoms. The smallest absolute Gasteiger partial charge is 0.232 e. The van der Waals surface area contributed by atoms with Crippen molar-refractivity contribution in [2.75, 3.05) is 5.32 Å². The van der Waals surface area contributed by atoms with Crippen molar-refractivity contribution in [3.63, 3.8) is 0 Å². The number of hydrogen-bond acceptors (Lipinski definition) is 5. The number of nitrogens with zero attached hydrogens (tertiary/aromatic N) is 2. The third kappa shape index (κ3) is 4.13. The van der Waals surface area contributed by atoms with Crippen LogP contribution in [0.15, 0.2) is 65.4 Å². The predicted molar refractivity (Wildman–Crippen MR) is 112 cm³/mol. The summed E-state index contributed by atoms with van der Waals surface area (Å²) in [5, 5.41) is 8.32. The molecule has 4 aromatic rings. The molecular formula is C21H17N3OS2. The molecule has 0 bridgehead atoms. The van der Waals surface area contributed by atoms with E-state index in [0.29, 0.717) is 5.13 Å². The van der Waals surface area contributed by atoms with E-state index < -0.39 is 0 Å². The Morgan fingerprint density at radius 3 is 2.56 bits per heavy atom. The molecule has 0 aliphatic heterocycles. The van der Waals surface area contributed by atoms with E-state index >= 15 is 0 Å². The lowest BCUT2D eigenvalue weighted by molar-refractivity contribution is -0.115. The Balaban J connectivity index is 1.42. The molecule has 2 heterocycles. The van der Waals surface area contributed by atoms with Crippen molar-refractivity contribution in [2.24, 2.45) is 0 Å². The van der Waals surface area contributed by atoms with Gasteiger partial charge in [-0.25, -0.2) is 9.97 Å². The monoisotopic (exact) mass is 391 g/mol. The molecule has 1 amide bonds. The normalized spacial score (nSPS) is 10.7. The lowest BCUT2D eigenvalue weighted by atomic mass is 10.1. The van der Waals surface area contributed by atoms with Crippen LogP contribution in [0.2, 0.25) is 0 Å². The predicted octanol–water partition coefficient (Wildman–Crippen LogP) is 5.42. The third-order valence-electron chi connectivity index (χ3n) is 4.09. The maximum atomic E-state index is 12.4. The Hall–Kier alpha value is -2.83. The van der Waals surface area contributed by atoms with Crippen LogP contribution in [0.4, 0.5) is 5.13 Å². The van der Waals surface area contributed by atoms with Crippen LogP contribution in [-0.4, -0.2) is 15.9 Å². The van der Waals surface area contributed by atoms with E-state index in [2.05, 4.69) is 28.3 Å². The number of benzene rings is 2. The first kappa shape index (κ1) is 17.6. The molecule has 2 aromatic heterocycles. The minimum absolute atomic E-state index is 0.106. The Bertz CT molecular complexity index is 1070. The van der Waals surface area contributed by atoms with Gasteiger partial charge in [-0.1, -0.05) is 54.6 Å². The number of anilines is 1. The summed E-state index contributed by atoms with van der Waals surface area (Å²) < 4.78 is 0. The van der Waals surface area contributed by atoms with E-state index in [1.807, 2.05) is 59.3 Å². The van der Waals surface area contributed by atoms with E-state index in [-0.39, 0.29) is 12.3 Å². The molecule has 6 heteroatoms. The van der Waals surface area contributed by atoms with Crippen LogP contribution in [0.1, 0.15) is 11.3 Å². The minimum atomic E-state index is -0.106. The SMILES string of the molecule is Cc1ccccc1-c1csc(NC(=O)Cc2csc(-c3ccccc3)n2)n1. The zero-order valence-corrected chi connectivity index (χ0v) is 16.3. The fourth-order valence-electron chi connectivity index (χ4n) is 2.74. The highest BCUT2D eigenvalue weighted by atomic mass is 32.1. The van der Waals surface area contributed by atoms with Gasteiger partial charge >= 0.3 is 0 Å². The largest absolute Gasteiger partial charge is 0.302 e. The van der Waals surface area contributed by atoms with Crippen LogP contribution in [0.3, 0.4) is 0 Å². The first-order valence-corrected chi connectivity index (χ1v) is 10.3. The Labute approximate surface area is 165 Å². The van der Waals surface area contributed by atoms with E-state index in [9.17, 15) is 4.79 Å². The summed E-state index contributed by atoms with van der Waals surface area (Å²) in [4.78, 5) is 21.5. The summed E-state index contributed by atoms with van der Waals surface area (Å²) in [6.45, 7) is 2.06. The van der Waals surface area contributed by atoms with Crippen LogP contribution in [0, 0.1) is 6.92 Å². The van der Waals surface area contributed by atoms with Crippen LogP contribution in [0.5, 0.6) is 0 Å². The zero-order valence-electron chi connectivity index (χ0n) is 14.7. The second-order valence-electron chi connectivity index (χ2n) is 6.09. The molecule has 0 aliphatic rings. The number of aromatic nitrogens is 2. The van der Waals surface area contributed by atoms with Gasteiger partial charge in [-0.15, -0.1) is 22.7 Å². The van der Waals surface area contributed by atoms with E-state index in [4.69, 9.17) is 0 Å². The van der Waals surface area contributed by atoms with Gasteiger partial charge in [0, 0.05) is 21.9 Å². The average molecular weight is 392 g/mol. The van der Waals surface area contributed by atoms with Gasteiger partial charge in [0.25, 0.3) is 0 Å². The van der Waals surface area contributed by atoms with Crippen molar-refractivity contribution in [3.05, 3.63) is 76.6 Å². The van der Waals surface area contributed by atoms with Gasteiger partial charge in [0.2, 0.25) is 5.91 Å². The summed E-state index contributed by atoms with van der Waals surface area (Å²) in [7, 11) is 0. The molecule has 0 fully saturated rings. The molecule has 0 radical (unpaired) electrons. The molecule has 0 atom stereocenters. The fraction of sp³-hybridized carbons (Fsp3) is 0.0952. The lowest BCUT2D eigenvalue weighted by Gasteiger charge is -2.01. The number of carbonyl (C=O) groups excluding carboxylic acids is 1. The van der Waals surface area contributed by atoms with Crippen molar-refractivity contribution in [1.82, 2.24) is 9.97 Å². The summed E-state index contributed by atoms with van der Waals surface area (Å²) >= 11 is 2.98. The molecule has 0 unspecified atom stereocenters. The first-order chi connectivity index (χ1) is 13.2. The van der Waals surface area contributed by atoms with Gasteiger partial charge < -0.3 is 5.32 Å². The highest BCUT2D eigenvalue weighted by Gasteiger charge is 2.12. The van der Waals surface area contributed by atoms with Gasteiger partial charge in [-0.2, -0.15) is 0 Å². The standard InChI is InChI=1S/C21H17N3OS2/c1-14-7-5-6-10-17(14)18-13-27-21(23-18)24-19(25)11-16-12-26-20(22-16)15-8-3-2-4-9-15/h2-10,12-13H,11H2,1H3,(H,23,24,25). The van der Waals surface area contributed by atoms with Gasteiger partial charge in [0.05, 0.1) is 17.8 Å². The second kappa shape index (κ2) is 7.82. The van der Waals surface area contributed by atoms with Crippen molar-refractivity contribution in [2.45, 2.75) is 13.3 Å². The fourth-order valence-corrected chi connectivity index (χ4v) is 4.30. The maximum Gasteiger partial charge on any atom is 0.232 e. The molecule has 0 saturated carbocycles.